The standard InChI is InChI=1S/C11H13F3N2O3/c1-8-9(3-2-4-10(8)16(17)18)15-5-6-19-7-11(12,13)14/h2-4,15H,5-7H2,1H3. The van der Waals surface area contributed by atoms with Gasteiger partial charge in [0.25, 0.3) is 5.69 Å². The number of halogens is 3. The van der Waals surface area contributed by atoms with E-state index in [0.29, 0.717) is 11.3 Å². The molecule has 1 aromatic carbocycles. The zero-order valence-corrected chi connectivity index (χ0v) is 10.2. The first kappa shape index (κ1) is 15.2. The van der Waals surface area contributed by atoms with Gasteiger partial charge < -0.3 is 10.1 Å². The van der Waals surface area contributed by atoms with E-state index in [4.69, 9.17) is 0 Å². The van der Waals surface area contributed by atoms with Gasteiger partial charge in [0.1, 0.15) is 6.61 Å². The molecule has 0 radical (unpaired) electrons. The summed E-state index contributed by atoms with van der Waals surface area (Å²) in [5.41, 5.74) is 0.898. The molecular formula is C11H13F3N2O3. The Morgan fingerprint density at radius 3 is 2.68 bits per heavy atom. The van der Waals surface area contributed by atoms with Gasteiger partial charge in [-0.1, -0.05) is 6.07 Å². The summed E-state index contributed by atoms with van der Waals surface area (Å²) in [6.45, 7) is 0.263. The number of anilines is 1. The van der Waals surface area contributed by atoms with Gasteiger partial charge in [-0.05, 0) is 13.0 Å². The lowest BCUT2D eigenvalue weighted by Gasteiger charge is -2.11. The molecule has 8 heteroatoms. The number of rotatable bonds is 6. The first-order chi connectivity index (χ1) is 8.81. The molecule has 0 saturated carbocycles. The van der Waals surface area contributed by atoms with E-state index in [1.165, 1.54) is 12.1 Å². The first-order valence-electron chi connectivity index (χ1n) is 5.43. The quantitative estimate of drug-likeness (QED) is 0.493. The highest BCUT2D eigenvalue weighted by Gasteiger charge is 2.27. The Kier molecular flexibility index (Phi) is 5.11. The Balaban J connectivity index is 2.46. The third-order valence-electron chi connectivity index (χ3n) is 2.33. The van der Waals surface area contributed by atoms with E-state index in [1.54, 1.807) is 13.0 Å². The highest BCUT2D eigenvalue weighted by atomic mass is 19.4. The summed E-state index contributed by atoms with van der Waals surface area (Å²) >= 11 is 0. The third kappa shape index (κ3) is 5.12. The van der Waals surface area contributed by atoms with Gasteiger partial charge in [0, 0.05) is 23.9 Å². The molecule has 0 atom stereocenters. The molecule has 0 saturated heterocycles. The summed E-state index contributed by atoms with van der Waals surface area (Å²) in [5.74, 6) is 0. The summed E-state index contributed by atoms with van der Waals surface area (Å²) in [6.07, 6.45) is -4.35. The second-order valence-electron chi connectivity index (χ2n) is 3.80. The fourth-order valence-corrected chi connectivity index (χ4v) is 1.46. The van der Waals surface area contributed by atoms with Crippen LogP contribution in [0.15, 0.2) is 18.2 Å². The number of nitrogens with zero attached hydrogens (tertiary/aromatic N) is 1. The van der Waals surface area contributed by atoms with Crippen LogP contribution in [0.1, 0.15) is 5.56 Å². The topological polar surface area (TPSA) is 64.4 Å². The van der Waals surface area contributed by atoms with Gasteiger partial charge in [-0.3, -0.25) is 10.1 Å². The van der Waals surface area contributed by atoms with Crippen molar-refractivity contribution < 1.29 is 22.8 Å². The van der Waals surface area contributed by atoms with Crippen LogP contribution in [0.5, 0.6) is 0 Å². The van der Waals surface area contributed by atoms with Crippen LogP contribution < -0.4 is 5.32 Å². The number of benzene rings is 1. The molecule has 1 N–H and O–H groups in total. The van der Waals surface area contributed by atoms with Gasteiger partial charge in [0.05, 0.1) is 11.5 Å². The fraction of sp³-hybridized carbons (Fsp3) is 0.455. The van der Waals surface area contributed by atoms with Crippen LogP contribution in [-0.2, 0) is 4.74 Å². The summed E-state index contributed by atoms with van der Waals surface area (Å²) in [5, 5.41) is 13.5. The van der Waals surface area contributed by atoms with E-state index in [-0.39, 0.29) is 18.8 Å². The van der Waals surface area contributed by atoms with E-state index >= 15 is 0 Å². The fourth-order valence-electron chi connectivity index (χ4n) is 1.46. The van der Waals surface area contributed by atoms with Crippen molar-refractivity contribution in [1.82, 2.24) is 0 Å². The summed E-state index contributed by atoms with van der Waals surface area (Å²) in [4.78, 5) is 10.2. The Hall–Kier alpha value is -1.83. The molecule has 0 aliphatic rings. The van der Waals surface area contributed by atoms with Crippen LogP contribution in [0.25, 0.3) is 0 Å². The van der Waals surface area contributed by atoms with Gasteiger partial charge >= 0.3 is 6.18 Å². The van der Waals surface area contributed by atoms with Crippen molar-refractivity contribution in [2.45, 2.75) is 13.1 Å². The Morgan fingerprint density at radius 2 is 2.11 bits per heavy atom. The normalized spacial score (nSPS) is 11.4. The van der Waals surface area contributed by atoms with Crippen molar-refractivity contribution in [2.24, 2.45) is 0 Å². The number of alkyl halides is 3. The van der Waals surface area contributed by atoms with Gasteiger partial charge in [0.15, 0.2) is 0 Å². The average Bonchev–Trinajstić information content (AvgIpc) is 2.28. The number of hydrogen-bond donors (Lipinski definition) is 1. The van der Waals surface area contributed by atoms with Gasteiger partial charge in [0.2, 0.25) is 0 Å². The summed E-state index contributed by atoms with van der Waals surface area (Å²) < 4.78 is 39.8. The Labute approximate surface area is 107 Å². The smallest absolute Gasteiger partial charge is 0.382 e. The maximum absolute atomic E-state index is 11.8. The number of nitrogens with one attached hydrogen (secondary N) is 1. The zero-order valence-electron chi connectivity index (χ0n) is 10.2. The SMILES string of the molecule is Cc1c(NCCOCC(F)(F)F)cccc1[N+](=O)[O-]. The van der Waals surface area contributed by atoms with E-state index in [1.807, 2.05) is 0 Å². The second kappa shape index (κ2) is 6.37. The Morgan fingerprint density at radius 1 is 1.42 bits per heavy atom. The van der Waals surface area contributed by atoms with Crippen molar-refractivity contribution in [3.63, 3.8) is 0 Å². The van der Waals surface area contributed by atoms with Gasteiger partial charge in [-0.2, -0.15) is 13.2 Å². The highest BCUT2D eigenvalue weighted by Crippen LogP contribution is 2.24. The molecule has 0 heterocycles. The van der Waals surface area contributed by atoms with Crippen molar-refractivity contribution in [3.8, 4) is 0 Å². The lowest BCUT2D eigenvalue weighted by atomic mass is 10.1. The zero-order chi connectivity index (χ0) is 14.5. The summed E-state index contributed by atoms with van der Waals surface area (Å²) in [6, 6.07) is 4.48. The predicted molar refractivity (Wildman–Crippen MR) is 63.2 cm³/mol. The Bertz CT molecular complexity index is 449. The molecule has 1 aromatic rings. The molecule has 106 valence electrons. The monoisotopic (exact) mass is 278 g/mol. The largest absolute Gasteiger partial charge is 0.411 e. The van der Waals surface area contributed by atoms with Crippen LogP contribution in [0.3, 0.4) is 0 Å². The minimum absolute atomic E-state index is 0.0405. The molecule has 0 amide bonds. The van der Waals surface area contributed by atoms with Crippen LogP contribution in [0.4, 0.5) is 24.5 Å². The minimum atomic E-state index is -4.35. The molecule has 0 spiro atoms. The molecule has 0 unspecified atom stereocenters. The van der Waals surface area contributed by atoms with Crippen molar-refractivity contribution in [2.75, 3.05) is 25.1 Å². The molecule has 19 heavy (non-hydrogen) atoms. The maximum Gasteiger partial charge on any atom is 0.411 e. The number of nitro groups is 1. The van der Waals surface area contributed by atoms with Crippen molar-refractivity contribution in [3.05, 3.63) is 33.9 Å². The van der Waals surface area contributed by atoms with Crippen LogP contribution in [0.2, 0.25) is 0 Å². The van der Waals surface area contributed by atoms with Crippen molar-refractivity contribution >= 4 is 11.4 Å². The molecule has 0 aliphatic carbocycles. The predicted octanol–water partition coefficient (Wildman–Crippen LogP) is 2.89. The minimum Gasteiger partial charge on any atom is -0.382 e. The summed E-state index contributed by atoms with van der Waals surface area (Å²) in [7, 11) is 0. The number of hydrogen-bond acceptors (Lipinski definition) is 4. The maximum atomic E-state index is 11.8. The molecular weight excluding hydrogens is 265 g/mol. The lowest BCUT2D eigenvalue weighted by molar-refractivity contribution is -0.385. The highest BCUT2D eigenvalue weighted by molar-refractivity contribution is 5.59. The first-order valence-corrected chi connectivity index (χ1v) is 5.43. The van der Waals surface area contributed by atoms with Crippen LogP contribution >= 0.6 is 0 Å². The molecule has 0 aliphatic heterocycles. The molecule has 0 fully saturated rings. The molecule has 0 aromatic heterocycles. The van der Waals surface area contributed by atoms with Crippen LogP contribution in [-0.4, -0.2) is 30.9 Å². The third-order valence-corrected chi connectivity index (χ3v) is 2.33. The molecule has 0 bridgehead atoms. The molecule has 5 nitrogen and oxygen atoms in total. The van der Waals surface area contributed by atoms with E-state index in [0.717, 1.165) is 0 Å². The van der Waals surface area contributed by atoms with Crippen molar-refractivity contribution in [1.29, 1.82) is 0 Å². The average molecular weight is 278 g/mol. The van der Waals surface area contributed by atoms with Gasteiger partial charge in [-0.25, -0.2) is 0 Å². The molecule has 1 rings (SSSR count). The van der Waals surface area contributed by atoms with E-state index in [2.05, 4.69) is 10.1 Å². The van der Waals surface area contributed by atoms with E-state index in [9.17, 15) is 23.3 Å². The lowest BCUT2D eigenvalue weighted by Crippen LogP contribution is -2.20. The second-order valence-corrected chi connectivity index (χ2v) is 3.80. The van der Waals surface area contributed by atoms with E-state index < -0.39 is 17.7 Å². The van der Waals surface area contributed by atoms with Crippen LogP contribution in [0, 0.1) is 17.0 Å². The number of ether oxygens (including phenoxy) is 1. The van der Waals surface area contributed by atoms with Gasteiger partial charge in [-0.15, -0.1) is 0 Å². The number of nitro benzene ring substituents is 1.